The zero-order chi connectivity index (χ0) is 15.1. The number of hydrogen-bond donors (Lipinski definition) is 1. The summed E-state index contributed by atoms with van der Waals surface area (Å²) >= 11 is 1.39. The summed E-state index contributed by atoms with van der Waals surface area (Å²) in [4.78, 5) is 14.0. The average molecular weight is 311 g/mol. The molecule has 0 fully saturated rings. The summed E-state index contributed by atoms with van der Waals surface area (Å²) in [7, 11) is 0. The maximum atomic E-state index is 13.4. The minimum Gasteiger partial charge on any atom is -0.357 e. The third kappa shape index (κ3) is 2.33. The molecule has 0 amide bonds. The first kappa shape index (κ1) is 13.6. The number of fused-ring (bicyclic) bond motifs is 1. The number of carbonyl (C=O) groups excluding carboxylic acids is 1. The molecule has 1 heterocycles. The van der Waals surface area contributed by atoms with Crippen LogP contribution in [0.25, 0.3) is 0 Å². The number of rotatable bonds is 1. The van der Waals surface area contributed by atoms with Crippen molar-refractivity contribution < 1.29 is 9.18 Å². The molecule has 1 aliphatic heterocycles. The monoisotopic (exact) mass is 311 g/mol. The first-order valence-electron chi connectivity index (χ1n) is 7.26. The number of benzene rings is 2. The predicted molar refractivity (Wildman–Crippen MR) is 86.3 cm³/mol. The van der Waals surface area contributed by atoms with Crippen LogP contribution in [0, 0.1) is 5.82 Å². The smallest absolute Gasteiger partial charge is 0.171 e. The summed E-state index contributed by atoms with van der Waals surface area (Å²) in [6.07, 6.45) is 1.33. The van der Waals surface area contributed by atoms with Gasteiger partial charge >= 0.3 is 0 Å². The van der Waals surface area contributed by atoms with Gasteiger partial charge < -0.3 is 5.32 Å². The van der Waals surface area contributed by atoms with Gasteiger partial charge in [-0.3, -0.25) is 4.79 Å². The molecule has 1 atom stereocenters. The fourth-order valence-electron chi connectivity index (χ4n) is 3.04. The van der Waals surface area contributed by atoms with Crippen LogP contribution in [0.2, 0.25) is 0 Å². The molecule has 4 heteroatoms. The molecule has 0 bridgehead atoms. The summed E-state index contributed by atoms with van der Waals surface area (Å²) in [5.41, 5.74) is 3.04. The molecule has 2 nitrogen and oxygen atoms in total. The number of thioether (sulfide) groups is 1. The Labute approximate surface area is 132 Å². The highest BCUT2D eigenvalue weighted by molar-refractivity contribution is 8.04. The molecule has 0 saturated heterocycles. The van der Waals surface area contributed by atoms with Gasteiger partial charge in [0.1, 0.15) is 5.82 Å². The average Bonchev–Trinajstić information content (AvgIpc) is 2.54. The van der Waals surface area contributed by atoms with Gasteiger partial charge in [0.2, 0.25) is 0 Å². The molecular weight excluding hydrogens is 297 g/mol. The van der Waals surface area contributed by atoms with E-state index in [1.165, 1.54) is 29.5 Å². The van der Waals surface area contributed by atoms with Gasteiger partial charge in [0.25, 0.3) is 0 Å². The molecule has 0 aromatic heterocycles. The fourth-order valence-corrected chi connectivity index (χ4v) is 4.11. The number of allylic oxidation sites excluding steroid dienone is 2. The van der Waals surface area contributed by atoms with Crippen molar-refractivity contribution in [2.24, 2.45) is 0 Å². The molecule has 4 rings (SSSR count). The normalized spacial score (nSPS) is 20.2. The van der Waals surface area contributed by atoms with Gasteiger partial charge in [-0.2, -0.15) is 0 Å². The quantitative estimate of drug-likeness (QED) is 0.827. The molecule has 1 N–H and O–H groups in total. The maximum Gasteiger partial charge on any atom is 0.171 e. The van der Waals surface area contributed by atoms with Crippen LogP contribution < -0.4 is 5.32 Å². The molecule has 0 spiro atoms. The Hall–Kier alpha value is -2.07. The van der Waals surface area contributed by atoms with Crippen LogP contribution in [0.15, 0.2) is 64.0 Å². The molecular formula is C18H14FNOS. The van der Waals surface area contributed by atoms with E-state index in [1.54, 1.807) is 6.07 Å². The van der Waals surface area contributed by atoms with E-state index in [0.717, 1.165) is 27.6 Å². The molecule has 1 aliphatic carbocycles. The van der Waals surface area contributed by atoms with Crippen molar-refractivity contribution in [1.29, 1.82) is 0 Å². The third-order valence-corrected chi connectivity index (χ3v) is 5.36. The Morgan fingerprint density at radius 3 is 2.73 bits per heavy atom. The topological polar surface area (TPSA) is 29.1 Å². The Morgan fingerprint density at radius 2 is 1.91 bits per heavy atom. The number of ketones is 1. The van der Waals surface area contributed by atoms with E-state index in [1.807, 2.05) is 18.2 Å². The molecule has 0 saturated carbocycles. The zero-order valence-electron chi connectivity index (χ0n) is 11.8. The van der Waals surface area contributed by atoms with Gasteiger partial charge in [0, 0.05) is 17.0 Å². The van der Waals surface area contributed by atoms with E-state index in [4.69, 9.17) is 0 Å². The lowest BCUT2D eigenvalue weighted by molar-refractivity contribution is -0.115. The van der Waals surface area contributed by atoms with Gasteiger partial charge in [-0.25, -0.2) is 4.39 Å². The Morgan fingerprint density at radius 1 is 1.09 bits per heavy atom. The number of carbonyl (C=O) groups is 1. The molecule has 110 valence electrons. The standard InChI is InChI=1S/C18H14FNOS/c19-13-6-7-14-17(10-13)22-18-15(20-14)8-12(9-16(18)21)11-4-2-1-3-5-11/h1-7,10,12,20H,8-9H2. The molecule has 0 radical (unpaired) electrons. The van der Waals surface area contributed by atoms with E-state index in [0.29, 0.717) is 6.42 Å². The lowest BCUT2D eigenvalue weighted by Gasteiger charge is -2.31. The number of hydrogen-bond acceptors (Lipinski definition) is 3. The van der Waals surface area contributed by atoms with Crippen molar-refractivity contribution in [2.45, 2.75) is 23.7 Å². The van der Waals surface area contributed by atoms with Crippen molar-refractivity contribution in [1.82, 2.24) is 0 Å². The van der Waals surface area contributed by atoms with Gasteiger partial charge in [0.15, 0.2) is 5.78 Å². The minimum absolute atomic E-state index is 0.141. The lowest BCUT2D eigenvalue weighted by Crippen LogP contribution is -2.23. The second kappa shape index (κ2) is 5.29. The van der Waals surface area contributed by atoms with E-state index in [2.05, 4.69) is 17.4 Å². The Kier molecular flexibility index (Phi) is 3.26. The fraction of sp³-hybridized carbons (Fsp3) is 0.167. The number of Topliss-reactive ketones (excluding diaryl/α,β-unsaturated/α-hetero) is 1. The van der Waals surface area contributed by atoms with Crippen molar-refractivity contribution >= 4 is 23.2 Å². The summed E-state index contributed by atoms with van der Waals surface area (Å²) < 4.78 is 13.4. The zero-order valence-corrected chi connectivity index (χ0v) is 12.6. The van der Waals surface area contributed by atoms with Crippen LogP contribution in [0.3, 0.4) is 0 Å². The van der Waals surface area contributed by atoms with E-state index in [-0.39, 0.29) is 17.5 Å². The van der Waals surface area contributed by atoms with Gasteiger partial charge in [0.05, 0.1) is 10.6 Å². The Balaban J connectivity index is 1.67. The molecule has 22 heavy (non-hydrogen) atoms. The van der Waals surface area contributed by atoms with Crippen molar-refractivity contribution in [3.63, 3.8) is 0 Å². The van der Waals surface area contributed by atoms with Crippen LogP contribution in [0.4, 0.5) is 10.1 Å². The number of anilines is 1. The van der Waals surface area contributed by atoms with E-state index in [9.17, 15) is 9.18 Å². The van der Waals surface area contributed by atoms with E-state index < -0.39 is 0 Å². The first-order valence-corrected chi connectivity index (χ1v) is 8.08. The molecule has 1 unspecified atom stereocenters. The molecule has 2 aliphatic rings. The van der Waals surface area contributed by atoms with Gasteiger partial charge in [-0.1, -0.05) is 42.1 Å². The van der Waals surface area contributed by atoms with Crippen LogP contribution in [-0.4, -0.2) is 5.78 Å². The maximum absolute atomic E-state index is 13.4. The SMILES string of the molecule is O=C1CC(c2ccccc2)CC2=C1Sc1cc(F)ccc1N2. The highest BCUT2D eigenvalue weighted by atomic mass is 32.2. The summed E-state index contributed by atoms with van der Waals surface area (Å²) in [6, 6.07) is 14.8. The lowest BCUT2D eigenvalue weighted by atomic mass is 9.85. The van der Waals surface area contributed by atoms with Crippen LogP contribution >= 0.6 is 11.8 Å². The van der Waals surface area contributed by atoms with Crippen molar-refractivity contribution in [2.75, 3.05) is 5.32 Å². The second-order valence-electron chi connectivity index (χ2n) is 5.61. The largest absolute Gasteiger partial charge is 0.357 e. The van der Waals surface area contributed by atoms with E-state index >= 15 is 0 Å². The summed E-state index contributed by atoms with van der Waals surface area (Å²) in [5, 5.41) is 3.33. The van der Waals surface area contributed by atoms with Crippen LogP contribution in [0.5, 0.6) is 0 Å². The minimum atomic E-state index is -0.275. The third-order valence-electron chi connectivity index (χ3n) is 4.12. The molecule has 2 aromatic rings. The van der Waals surface area contributed by atoms with Crippen LogP contribution in [0.1, 0.15) is 24.3 Å². The second-order valence-corrected chi connectivity index (χ2v) is 6.67. The van der Waals surface area contributed by atoms with Gasteiger partial charge in [-0.05, 0) is 36.1 Å². The highest BCUT2D eigenvalue weighted by Crippen LogP contribution is 2.46. The number of halogens is 1. The highest BCUT2D eigenvalue weighted by Gasteiger charge is 2.32. The number of nitrogens with one attached hydrogen (secondary N) is 1. The first-order chi connectivity index (χ1) is 10.7. The van der Waals surface area contributed by atoms with Gasteiger partial charge in [-0.15, -0.1) is 0 Å². The predicted octanol–water partition coefficient (Wildman–Crippen LogP) is 4.70. The van der Waals surface area contributed by atoms with Crippen molar-refractivity contribution in [3.8, 4) is 0 Å². The summed E-state index contributed by atoms with van der Waals surface area (Å²) in [5.74, 6) is 0.0765. The van der Waals surface area contributed by atoms with Crippen LogP contribution in [-0.2, 0) is 4.79 Å². The van der Waals surface area contributed by atoms with Crippen molar-refractivity contribution in [3.05, 3.63) is 70.5 Å². The Bertz CT molecular complexity index is 785. The summed E-state index contributed by atoms with van der Waals surface area (Å²) in [6.45, 7) is 0. The molecule has 2 aromatic carbocycles.